The quantitative estimate of drug-likeness (QED) is 0.549. The molecular weight excluding hydrogens is 390 g/mol. The lowest BCUT2D eigenvalue weighted by Gasteiger charge is -2.23. The predicted octanol–water partition coefficient (Wildman–Crippen LogP) is 2.16. The minimum absolute atomic E-state index is 0.103. The van der Waals surface area contributed by atoms with Gasteiger partial charge in [0.25, 0.3) is 11.5 Å². The van der Waals surface area contributed by atoms with Crippen molar-refractivity contribution in [2.75, 3.05) is 38.6 Å². The van der Waals surface area contributed by atoms with E-state index in [1.165, 1.54) is 0 Å². The first kappa shape index (κ1) is 22.1. The van der Waals surface area contributed by atoms with E-state index in [0.29, 0.717) is 41.9 Å². The number of aromatic amines is 1. The van der Waals surface area contributed by atoms with Gasteiger partial charge in [0.1, 0.15) is 5.82 Å². The van der Waals surface area contributed by atoms with Gasteiger partial charge in [-0.2, -0.15) is 0 Å². The van der Waals surface area contributed by atoms with Gasteiger partial charge in [-0.25, -0.2) is 4.98 Å². The first-order valence-electron chi connectivity index (χ1n) is 10.1. The Labute approximate surface area is 182 Å². The lowest BCUT2D eigenvalue weighted by molar-refractivity contribution is 0.0951. The molecule has 0 unspecified atom stereocenters. The van der Waals surface area contributed by atoms with E-state index >= 15 is 0 Å². The SMILES string of the molecule is C#CCN(Cc1ccc2nc(C)[nH]c(=O)c2c1)c1ccc(C(=O)NCCN(C)C)cc1. The molecule has 3 rings (SSSR count). The predicted molar refractivity (Wildman–Crippen MR) is 124 cm³/mol. The van der Waals surface area contributed by atoms with Crippen LogP contribution in [0.2, 0.25) is 0 Å². The molecule has 0 aliphatic heterocycles. The minimum atomic E-state index is -0.155. The molecule has 1 heterocycles. The molecule has 0 fully saturated rings. The van der Waals surface area contributed by atoms with Crippen molar-refractivity contribution in [1.82, 2.24) is 20.2 Å². The zero-order valence-corrected chi connectivity index (χ0v) is 18.1. The molecule has 3 aromatic rings. The number of aryl methyl sites for hydroxylation is 1. The molecule has 7 heteroatoms. The highest BCUT2D eigenvalue weighted by Crippen LogP contribution is 2.19. The van der Waals surface area contributed by atoms with Crippen LogP contribution in [0.15, 0.2) is 47.3 Å². The number of carbonyl (C=O) groups excluding carboxylic acids is 1. The average molecular weight is 418 g/mol. The van der Waals surface area contributed by atoms with Crippen LogP contribution in [0.1, 0.15) is 21.7 Å². The summed E-state index contributed by atoms with van der Waals surface area (Å²) in [5.74, 6) is 3.16. The molecule has 2 N–H and O–H groups in total. The first-order valence-corrected chi connectivity index (χ1v) is 10.1. The van der Waals surface area contributed by atoms with E-state index in [1.807, 2.05) is 54.2 Å². The Kier molecular flexibility index (Phi) is 7.06. The molecule has 0 saturated carbocycles. The summed E-state index contributed by atoms with van der Waals surface area (Å²) in [4.78, 5) is 35.7. The molecule has 0 radical (unpaired) electrons. The number of amides is 1. The van der Waals surface area contributed by atoms with Crippen LogP contribution in [0.4, 0.5) is 5.69 Å². The Morgan fingerprint density at radius 2 is 1.94 bits per heavy atom. The maximum absolute atomic E-state index is 12.3. The van der Waals surface area contributed by atoms with Gasteiger partial charge in [0, 0.05) is 30.9 Å². The highest BCUT2D eigenvalue weighted by Gasteiger charge is 2.11. The van der Waals surface area contributed by atoms with Crippen LogP contribution in [0, 0.1) is 19.3 Å². The van der Waals surface area contributed by atoms with E-state index in [4.69, 9.17) is 6.42 Å². The summed E-state index contributed by atoms with van der Waals surface area (Å²) in [5, 5.41) is 3.45. The average Bonchev–Trinajstić information content (AvgIpc) is 2.73. The number of likely N-dealkylation sites (N-methyl/N-ethyl adjacent to an activating group) is 1. The summed E-state index contributed by atoms with van der Waals surface area (Å²) in [7, 11) is 3.93. The fourth-order valence-corrected chi connectivity index (χ4v) is 3.29. The molecule has 0 spiro atoms. The molecule has 0 saturated heterocycles. The molecule has 1 aromatic heterocycles. The Morgan fingerprint density at radius 3 is 2.61 bits per heavy atom. The zero-order chi connectivity index (χ0) is 22.4. The third-order valence-corrected chi connectivity index (χ3v) is 4.88. The normalized spacial score (nSPS) is 10.8. The highest BCUT2D eigenvalue weighted by molar-refractivity contribution is 5.94. The number of nitrogens with one attached hydrogen (secondary N) is 2. The van der Waals surface area contributed by atoms with Crippen molar-refractivity contribution in [3.63, 3.8) is 0 Å². The van der Waals surface area contributed by atoms with Gasteiger partial charge in [-0.05, 0) is 63.0 Å². The molecule has 160 valence electrons. The number of hydrogen-bond acceptors (Lipinski definition) is 5. The molecule has 0 atom stereocenters. The number of benzene rings is 2. The summed E-state index contributed by atoms with van der Waals surface area (Å²) >= 11 is 0. The van der Waals surface area contributed by atoms with Gasteiger partial charge >= 0.3 is 0 Å². The molecule has 2 aromatic carbocycles. The third-order valence-electron chi connectivity index (χ3n) is 4.88. The summed E-state index contributed by atoms with van der Waals surface area (Å²) in [6, 6.07) is 13.0. The Morgan fingerprint density at radius 1 is 1.19 bits per heavy atom. The van der Waals surface area contributed by atoms with Crippen LogP contribution in [0.25, 0.3) is 10.9 Å². The molecule has 0 aliphatic carbocycles. The van der Waals surface area contributed by atoms with E-state index < -0.39 is 0 Å². The topological polar surface area (TPSA) is 81.3 Å². The smallest absolute Gasteiger partial charge is 0.258 e. The summed E-state index contributed by atoms with van der Waals surface area (Å²) in [5.41, 5.74) is 2.96. The monoisotopic (exact) mass is 417 g/mol. The van der Waals surface area contributed by atoms with E-state index in [9.17, 15) is 9.59 Å². The van der Waals surface area contributed by atoms with E-state index in [2.05, 4.69) is 21.2 Å². The van der Waals surface area contributed by atoms with Gasteiger partial charge in [-0.1, -0.05) is 12.0 Å². The summed E-state index contributed by atoms with van der Waals surface area (Å²) < 4.78 is 0. The second-order valence-corrected chi connectivity index (χ2v) is 7.67. The number of terminal acetylenes is 1. The van der Waals surface area contributed by atoms with Crippen molar-refractivity contribution in [1.29, 1.82) is 0 Å². The second-order valence-electron chi connectivity index (χ2n) is 7.67. The second kappa shape index (κ2) is 9.92. The van der Waals surface area contributed by atoms with Crippen LogP contribution < -0.4 is 15.8 Å². The third kappa shape index (κ3) is 5.71. The van der Waals surface area contributed by atoms with Gasteiger partial charge < -0.3 is 20.1 Å². The lowest BCUT2D eigenvalue weighted by Crippen LogP contribution is -2.31. The molecule has 0 bridgehead atoms. The number of hydrogen-bond donors (Lipinski definition) is 2. The number of carbonyl (C=O) groups is 1. The Balaban J connectivity index is 1.76. The van der Waals surface area contributed by atoms with Crippen LogP contribution in [0.3, 0.4) is 0 Å². The number of nitrogens with zero attached hydrogens (tertiary/aromatic N) is 3. The molecule has 31 heavy (non-hydrogen) atoms. The van der Waals surface area contributed by atoms with Crippen molar-refractivity contribution in [3.8, 4) is 12.3 Å². The van der Waals surface area contributed by atoms with Crippen LogP contribution >= 0.6 is 0 Å². The van der Waals surface area contributed by atoms with Crippen LogP contribution in [0.5, 0.6) is 0 Å². The Hall–Kier alpha value is -3.63. The maximum atomic E-state index is 12.3. The minimum Gasteiger partial charge on any atom is -0.356 e. The summed E-state index contributed by atoms with van der Waals surface area (Å²) in [6.07, 6.45) is 5.58. The van der Waals surface area contributed by atoms with Gasteiger partial charge in [-0.3, -0.25) is 9.59 Å². The number of anilines is 1. The number of fused-ring (bicyclic) bond motifs is 1. The standard InChI is InChI=1S/C24H27N5O2/c1-5-13-29(16-18-6-11-22-21(15-18)24(31)27-17(2)26-22)20-9-7-19(8-10-20)23(30)25-12-14-28(3)4/h1,6-11,15H,12-14,16H2,2-4H3,(H,25,30)(H,26,27,31). The van der Waals surface area contributed by atoms with Gasteiger partial charge in [0.05, 0.1) is 17.4 Å². The van der Waals surface area contributed by atoms with Crippen molar-refractivity contribution >= 4 is 22.5 Å². The van der Waals surface area contributed by atoms with E-state index in [0.717, 1.165) is 17.8 Å². The fourth-order valence-electron chi connectivity index (χ4n) is 3.29. The summed E-state index contributed by atoms with van der Waals surface area (Å²) in [6.45, 7) is 4.06. The largest absolute Gasteiger partial charge is 0.356 e. The number of rotatable bonds is 8. The highest BCUT2D eigenvalue weighted by atomic mass is 16.1. The van der Waals surface area contributed by atoms with E-state index in [-0.39, 0.29) is 11.5 Å². The molecule has 7 nitrogen and oxygen atoms in total. The first-order chi connectivity index (χ1) is 14.9. The van der Waals surface area contributed by atoms with Crippen LogP contribution in [-0.2, 0) is 6.54 Å². The molecular formula is C24H27N5O2. The zero-order valence-electron chi connectivity index (χ0n) is 18.1. The Bertz CT molecular complexity index is 1160. The van der Waals surface area contributed by atoms with Crippen molar-refractivity contribution < 1.29 is 4.79 Å². The maximum Gasteiger partial charge on any atom is 0.258 e. The van der Waals surface area contributed by atoms with Crippen molar-refractivity contribution in [2.24, 2.45) is 0 Å². The van der Waals surface area contributed by atoms with E-state index in [1.54, 1.807) is 19.1 Å². The van der Waals surface area contributed by atoms with Crippen LogP contribution in [-0.4, -0.2) is 54.5 Å². The van der Waals surface area contributed by atoms with Crippen molar-refractivity contribution in [3.05, 3.63) is 69.8 Å². The molecule has 0 aliphatic rings. The van der Waals surface area contributed by atoms with Gasteiger partial charge in [0.15, 0.2) is 0 Å². The fraction of sp³-hybridized carbons (Fsp3) is 0.292. The van der Waals surface area contributed by atoms with Gasteiger partial charge in [-0.15, -0.1) is 6.42 Å². The lowest BCUT2D eigenvalue weighted by atomic mass is 10.1. The van der Waals surface area contributed by atoms with Gasteiger partial charge in [0.2, 0.25) is 0 Å². The number of H-pyrrole nitrogens is 1. The van der Waals surface area contributed by atoms with Crippen molar-refractivity contribution in [2.45, 2.75) is 13.5 Å². The number of aromatic nitrogens is 2. The molecule has 1 amide bonds.